The molecule has 0 saturated heterocycles. The molecule has 72 valence electrons. The monoisotopic (exact) mass is 181 g/mol. The Morgan fingerprint density at radius 3 is 2.46 bits per heavy atom. The molecular formula is C9H15N3O. The lowest BCUT2D eigenvalue weighted by Crippen LogP contribution is -2.19. The number of hydrogen-bond donors (Lipinski definition) is 1. The van der Waals surface area contributed by atoms with E-state index in [1.165, 1.54) is 6.20 Å². The van der Waals surface area contributed by atoms with E-state index in [0.717, 1.165) is 5.69 Å². The van der Waals surface area contributed by atoms with E-state index in [4.69, 9.17) is 10.5 Å². The average Bonchev–Trinajstić information content (AvgIpc) is 2.02. The first kappa shape index (κ1) is 9.92. The van der Waals surface area contributed by atoms with Crippen LogP contribution in [0.15, 0.2) is 12.4 Å². The lowest BCUT2D eigenvalue weighted by molar-refractivity contribution is -0.0165. The average molecular weight is 181 g/mol. The van der Waals surface area contributed by atoms with Gasteiger partial charge in [-0.2, -0.15) is 0 Å². The Morgan fingerprint density at radius 2 is 2.00 bits per heavy atom. The fourth-order valence-electron chi connectivity index (χ4n) is 0.730. The van der Waals surface area contributed by atoms with Crippen LogP contribution < -0.4 is 5.73 Å². The number of hydrogen-bond acceptors (Lipinski definition) is 4. The molecule has 0 saturated carbocycles. The van der Waals surface area contributed by atoms with Gasteiger partial charge in [-0.15, -0.1) is 0 Å². The van der Waals surface area contributed by atoms with Crippen molar-refractivity contribution in [1.82, 2.24) is 9.97 Å². The molecule has 0 fully saturated rings. The summed E-state index contributed by atoms with van der Waals surface area (Å²) < 4.78 is 5.51. The summed E-state index contributed by atoms with van der Waals surface area (Å²) in [5.41, 5.74) is 6.04. The van der Waals surface area contributed by atoms with Crippen LogP contribution in [0.5, 0.6) is 0 Å². The van der Waals surface area contributed by atoms with Crippen molar-refractivity contribution in [3.63, 3.8) is 0 Å². The van der Waals surface area contributed by atoms with Crippen molar-refractivity contribution in [2.75, 3.05) is 5.73 Å². The Morgan fingerprint density at radius 1 is 1.31 bits per heavy atom. The quantitative estimate of drug-likeness (QED) is 0.748. The van der Waals surface area contributed by atoms with Crippen LogP contribution in [0.2, 0.25) is 0 Å². The number of aromatic nitrogens is 2. The zero-order chi connectivity index (χ0) is 9.90. The third-order valence-corrected chi connectivity index (χ3v) is 1.38. The van der Waals surface area contributed by atoms with Crippen molar-refractivity contribution in [3.05, 3.63) is 18.1 Å². The van der Waals surface area contributed by atoms with Crippen LogP contribution in [0.25, 0.3) is 0 Å². The predicted octanol–water partition coefficient (Wildman–Crippen LogP) is 1.37. The van der Waals surface area contributed by atoms with Crippen LogP contribution in [-0.4, -0.2) is 15.6 Å². The summed E-state index contributed by atoms with van der Waals surface area (Å²) in [5.74, 6) is 0.430. The van der Waals surface area contributed by atoms with E-state index in [1.807, 2.05) is 20.8 Å². The summed E-state index contributed by atoms with van der Waals surface area (Å²) in [7, 11) is 0. The number of nitrogens with zero attached hydrogens (tertiary/aromatic N) is 2. The second-order valence-corrected chi connectivity index (χ2v) is 3.83. The zero-order valence-electron chi connectivity index (χ0n) is 8.24. The standard InChI is InChI=1S/C9H15N3O/c1-9(2,3)13-6-7-4-12-8(10)5-11-7/h4-5H,6H2,1-3H3,(H2,10,12). The zero-order valence-corrected chi connectivity index (χ0v) is 8.24. The molecule has 0 unspecified atom stereocenters. The lowest BCUT2D eigenvalue weighted by Gasteiger charge is -2.18. The molecule has 1 rings (SSSR count). The smallest absolute Gasteiger partial charge is 0.141 e. The molecule has 0 bridgehead atoms. The highest BCUT2D eigenvalue weighted by Crippen LogP contribution is 2.09. The molecule has 0 atom stereocenters. The van der Waals surface area contributed by atoms with Crippen molar-refractivity contribution >= 4 is 5.82 Å². The van der Waals surface area contributed by atoms with Gasteiger partial charge in [0.25, 0.3) is 0 Å². The first-order valence-electron chi connectivity index (χ1n) is 4.18. The van der Waals surface area contributed by atoms with E-state index in [2.05, 4.69) is 9.97 Å². The van der Waals surface area contributed by atoms with Crippen LogP contribution in [0.4, 0.5) is 5.82 Å². The Bertz CT molecular complexity index is 263. The Labute approximate surface area is 78.1 Å². The topological polar surface area (TPSA) is 61.0 Å². The van der Waals surface area contributed by atoms with Crippen LogP contribution in [0, 0.1) is 0 Å². The van der Waals surface area contributed by atoms with Gasteiger partial charge in [-0.25, -0.2) is 4.98 Å². The SMILES string of the molecule is CC(C)(C)OCc1cnc(N)cn1. The molecule has 0 aliphatic rings. The van der Waals surface area contributed by atoms with Crippen molar-refractivity contribution < 1.29 is 4.74 Å². The molecule has 0 aliphatic heterocycles. The van der Waals surface area contributed by atoms with E-state index in [-0.39, 0.29) is 5.60 Å². The number of rotatable bonds is 2. The maximum absolute atomic E-state index is 5.51. The van der Waals surface area contributed by atoms with Gasteiger partial charge in [0, 0.05) is 0 Å². The molecule has 13 heavy (non-hydrogen) atoms. The molecular weight excluding hydrogens is 166 g/mol. The highest BCUT2D eigenvalue weighted by molar-refractivity contribution is 5.22. The molecule has 0 radical (unpaired) electrons. The van der Waals surface area contributed by atoms with Gasteiger partial charge in [0.05, 0.1) is 30.3 Å². The normalized spacial score (nSPS) is 11.6. The van der Waals surface area contributed by atoms with Gasteiger partial charge in [-0.3, -0.25) is 4.98 Å². The van der Waals surface area contributed by atoms with Gasteiger partial charge in [0.15, 0.2) is 0 Å². The van der Waals surface area contributed by atoms with Crippen molar-refractivity contribution in [2.24, 2.45) is 0 Å². The molecule has 2 N–H and O–H groups in total. The van der Waals surface area contributed by atoms with Crippen molar-refractivity contribution in [1.29, 1.82) is 0 Å². The Hall–Kier alpha value is -1.16. The van der Waals surface area contributed by atoms with Gasteiger partial charge >= 0.3 is 0 Å². The van der Waals surface area contributed by atoms with E-state index >= 15 is 0 Å². The molecule has 1 aromatic heterocycles. The van der Waals surface area contributed by atoms with Gasteiger partial charge < -0.3 is 10.5 Å². The third-order valence-electron chi connectivity index (χ3n) is 1.38. The molecule has 0 aliphatic carbocycles. The molecule has 4 heteroatoms. The van der Waals surface area contributed by atoms with E-state index in [1.54, 1.807) is 6.20 Å². The fraction of sp³-hybridized carbons (Fsp3) is 0.556. The third kappa shape index (κ3) is 3.85. The summed E-state index contributed by atoms with van der Waals surface area (Å²) >= 11 is 0. The van der Waals surface area contributed by atoms with E-state index < -0.39 is 0 Å². The molecule has 1 aromatic rings. The van der Waals surface area contributed by atoms with Crippen molar-refractivity contribution in [2.45, 2.75) is 33.0 Å². The highest BCUT2D eigenvalue weighted by Gasteiger charge is 2.10. The second-order valence-electron chi connectivity index (χ2n) is 3.83. The first-order chi connectivity index (χ1) is 5.97. The molecule has 0 spiro atoms. The lowest BCUT2D eigenvalue weighted by atomic mass is 10.2. The van der Waals surface area contributed by atoms with Gasteiger partial charge in [0.2, 0.25) is 0 Å². The minimum absolute atomic E-state index is 0.150. The minimum atomic E-state index is -0.150. The molecule has 1 heterocycles. The van der Waals surface area contributed by atoms with Crippen molar-refractivity contribution in [3.8, 4) is 0 Å². The summed E-state index contributed by atoms with van der Waals surface area (Å²) in [6.07, 6.45) is 3.16. The maximum Gasteiger partial charge on any atom is 0.141 e. The predicted molar refractivity (Wildman–Crippen MR) is 51.0 cm³/mol. The van der Waals surface area contributed by atoms with Crippen LogP contribution in [-0.2, 0) is 11.3 Å². The second kappa shape index (κ2) is 3.70. The number of anilines is 1. The molecule has 4 nitrogen and oxygen atoms in total. The maximum atomic E-state index is 5.51. The summed E-state index contributed by atoms with van der Waals surface area (Å²) in [5, 5.41) is 0. The summed E-state index contributed by atoms with van der Waals surface area (Å²) in [4.78, 5) is 7.98. The van der Waals surface area contributed by atoms with Gasteiger partial charge in [-0.1, -0.05) is 0 Å². The molecule has 0 amide bonds. The van der Waals surface area contributed by atoms with E-state index in [9.17, 15) is 0 Å². The number of nitrogens with two attached hydrogens (primary N) is 1. The fourth-order valence-corrected chi connectivity index (χ4v) is 0.730. The summed E-state index contributed by atoms with van der Waals surface area (Å²) in [6.45, 7) is 6.46. The van der Waals surface area contributed by atoms with E-state index in [0.29, 0.717) is 12.4 Å². The first-order valence-corrected chi connectivity index (χ1v) is 4.18. The largest absolute Gasteiger partial charge is 0.382 e. The highest BCUT2D eigenvalue weighted by atomic mass is 16.5. The van der Waals surface area contributed by atoms with Crippen LogP contribution in [0.1, 0.15) is 26.5 Å². The van der Waals surface area contributed by atoms with Gasteiger partial charge in [0.1, 0.15) is 5.82 Å². The minimum Gasteiger partial charge on any atom is -0.382 e. The van der Waals surface area contributed by atoms with Gasteiger partial charge in [-0.05, 0) is 20.8 Å². The van der Waals surface area contributed by atoms with Crippen LogP contribution >= 0.6 is 0 Å². The Kier molecular flexibility index (Phi) is 2.83. The Balaban J connectivity index is 2.51. The number of nitrogen functional groups attached to an aromatic ring is 1. The number of ether oxygens (including phenoxy) is 1. The summed E-state index contributed by atoms with van der Waals surface area (Å²) in [6, 6.07) is 0. The van der Waals surface area contributed by atoms with Crippen LogP contribution in [0.3, 0.4) is 0 Å². The molecule has 0 aromatic carbocycles.